The Balaban J connectivity index is 1.81. The van der Waals surface area contributed by atoms with Gasteiger partial charge < -0.3 is 10.2 Å². The number of aromatic nitrogens is 1. The molecule has 0 bridgehead atoms. The van der Waals surface area contributed by atoms with Crippen molar-refractivity contribution in [1.82, 2.24) is 4.98 Å². The van der Waals surface area contributed by atoms with E-state index in [-0.39, 0.29) is 6.04 Å². The molecule has 3 nitrogen and oxygen atoms in total. The van der Waals surface area contributed by atoms with Gasteiger partial charge in [0.15, 0.2) is 0 Å². The molecule has 0 saturated carbocycles. The summed E-state index contributed by atoms with van der Waals surface area (Å²) in [7, 11) is 0. The number of aryl methyl sites for hydroxylation is 1. The molecule has 0 aliphatic rings. The molecule has 3 aromatic heterocycles. The van der Waals surface area contributed by atoms with E-state index in [0.717, 1.165) is 38.1 Å². The van der Waals surface area contributed by atoms with Gasteiger partial charge >= 0.3 is 0 Å². The third kappa shape index (κ3) is 2.04. The highest BCUT2D eigenvalue weighted by atomic mass is 32.1. The van der Waals surface area contributed by atoms with E-state index < -0.39 is 0 Å². The molecule has 4 rings (SSSR count). The number of hydrogen-bond acceptors (Lipinski definition) is 4. The number of nitrogens with zero attached hydrogens (tertiary/aromatic N) is 1. The summed E-state index contributed by atoms with van der Waals surface area (Å²) in [6, 6.07) is 11.9. The maximum absolute atomic E-state index is 6.36. The summed E-state index contributed by atoms with van der Waals surface area (Å²) in [5.74, 6) is 0.775. The average Bonchev–Trinajstić information content (AvgIpc) is 3.12. The molecule has 21 heavy (non-hydrogen) atoms. The van der Waals surface area contributed by atoms with Crippen LogP contribution in [0, 0.1) is 6.92 Å². The first-order valence-corrected chi connectivity index (χ1v) is 7.68. The van der Waals surface area contributed by atoms with Crippen LogP contribution in [0.4, 0.5) is 0 Å². The monoisotopic (exact) mass is 294 g/mol. The van der Waals surface area contributed by atoms with Crippen LogP contribution in [0.5, 0.6) is 0 Å². The average molecular weight is 294 g/mol. The highest BCUT2D eigenvalue weighted by molar-refractivity contribution is 7.17. The van der Waals surface area contributed by atoms with E-state index in [1.54, 1.807) is 11.3 Å². The van der Waals surface area contributed by atoms with Gasteiger partial charge in [-0.15, -0.1) is 11.3 Å². The lowest BCUT2D eigenvalue weighted by Gasteiger charge is -2.08. The zero-order chi connectivity index (χ0) is 14.4. The van der Waals surface area contributed by atoms with Crippen molar-refractivity contribution in [3.63, 3.8) is 0 Å². The molecule has 0 fully saturated rings. The molecule has 2 N–H and O–H groups in total. The first-order valence-electron chi connectivity index (χ1n) is 6.80. The number of benzene rings is 1. The second-order valence-electron chi connectivity index (χ2n) is 5.19. The predicted molar refractivity (Wildman–Crippen MR) is 86.6 cm³/mol. The predicted octanol–water partition coefficient (Wildman–Crippen LogP) is 4.40. The molecule has 1 atom stereocenters. The molecule has 0 aliphatic carbocycles. The van der Waals surface area contributed by atoms with Crippen LogP contribution in [0.2, 0.25) is 0 Å². The highest BCUT2D eigenvalue weighted by Crippen LogP contribution is 2.30. The van der Waals surface area contributed by atoms with Crippen molar-refractivity contribution >= 4 is 32.5 Å². The Morgan fingerprint density at radius 3 is 3.00 bits per heavy atom. The molecule has 0 spiro atoms. The summed E-state index contributed by atoms with van der Waals surface area (Å²) < 4.78 is 7.11. The summed E-state index contributed by atoms with van der Waals surface area (Å²) >= 11 is 1.67. The van der Waals surface area contributed by atoms with E-state index in [2.05, 4.69) is 11.1 Å². The minimum atomic E-state index is -0.296. The summed E-state index contributed by atoms with van der Waals surface area (Å²) in [4.78, 5) is 4.45. The Labute approximate surface area is 126 Å². The van der Waals surface area contributed by atoms with Crippen LogP contribution in [0.3, 0.4) is 0 Å². The number of para-hydroxylation sites is 1. The minimum Gasteiger partial charge on any atom is -0.459 e. The van der Waals surface area contributed by atoms with Gasteiger partial charge in [0.1, 0.15) is 11.3 Å². The first-order chi connectivity index (χ1) is 10.2. The molecule has 1 unspecified atom stereocenters. The number of hydrogen-bond donors (Lipinski definition) is 1. The molecular formula is C17H14N2OS. The van der Waals surface area contributed by atoms with Crippen LogP contribution >= 0.6 is 11.3 Å². The van der Waals surface area contributed by atoms with Gasteiger partial charge in [0, 0.05) is 11.6 Å². The van der Waals surface area contributed by atoms with Crippen molar-refractivity contribution in [2.45, 2.75) is 13.0 Å². The molecule has 104 valence electrons. The first kappa shape index (κ1) is 12.6. The maximum atomic E-state index is 6.36. The maximum Gasteiger partial charge on any atom is 0.137 e. The Morgan fingerprint density at radius 1 is 1.24 bits per heavy atom. The number of nitrogens with two attached hydrogens (primary N) is 1. The fourth-order valence-corrected chi connectivity index (χ4v) is 3.37. The topological polar surface area (TPSA) is 52.0 Å². The lowest BCUT2D eigenvalue weighted by Crippen LogP contribution is -2.10. The van der Waals surface area contributed by atoms with Gasteiger partial charge in [-0.25, -0.2) is 0 Å². The van der Waals surface area contributed by atoms with E-state index in [9.17, 15) is 0 Å². The van der Waals surface area contributed by atoms with Gasteiger partial charge in [0.2, 0.25) is 0 Å². The summed E-state index contributed by atoms with van der Waals surface area (Å²) in [6.07, 6.45) is 1.83. The van der Waals surface area contributed by atoms with E-state index >= 15 is 0 Å². The van der Waals surface area contributed by atoms with Gasteiger partial charge in [-0.1, -0.05) is 18.2 Å². The largest absolute Gasteiger partial charge is 0.459 e. The molecule has 1 aromatic carbocycles. The van der Waals surface area contributed by atoms with E-state index in [1.807, 2.05) is 48.8 Å². The van der Waals surface area contributed by atoms with Crippen molar-refractivity contribution in [3.05, 3.63) is 64.9 Å². The molecule has 0 aliphatic heterocycles. The lowest BCUT2D eigenvalue weighted by molar-refractivity contribution is 0.523. The normalized spacial score (nSPS) is 13.0. The van der Waals surface area contributed by atoms with Crippen molar-refractivity contribution < 1.29 is 4.42 Å². The summed E-state index contributed by atoms with van der Waals surface area (Å²) in [6.45, 7) is 2.04. The van der Waals surface area contributed by atoms with Crippen molar-refractivity contribution in [2.24, 2.45) is 5.73 Å². The molecule has 3 heterocycles. The van der Waals surface area contributed by atoms with E-state index in [4.69, 9.17) is 10.2 Å². The van der Waals surface area contributed by atoms with Gasteiger partial charge in [-0.05, 0) is 41.6 Å². The molecule has 0 radical (unpaired) electrons. The Kier molecular flexibility index (Phi) is 2.80. The van der Waals surface area contributed by atoms with Crippen molar-refractivity contribution in [2.75, 3.05) is 0 Å². The standard InChI is InChI=1S/C17H14N2OS/c1-10-3-2-4-11-7-14(20-17(10)11)16(18)12-8-15-13(19-9-12)5-6-21-15/h2-9,16H,18H2,1H3. The summed E-state index contributed by atoms with van der Waals surface area (Å²) in [5, 5.41) is 3.13. The third-order valence-corrected chi connectivity index (χ3v) is 4.60. The highest BCUT2D eigenvalue weighted by Gasteiger charge is 2.16. The second kappa shape index (κ2) is 4.69. The van der Waals surface area contributed by atoms with Crippen LogP contribution in [0.25, 0.3) is 21.2 Å². The van der Waals surface area contributed by atoms with Crippen molar-refractivity contribution in [3.8, 4) is 0 Å². The SMILES string of the molecule is Cc1cccc2cc(C(N)c3cnc4ccsc4c3)oc12. The number of thiophene rings is 1. The Bertz CT molecular complexity index is 938. The molecule has 0 saturated heterocycles. The van der Waals surface area contributed by atoms with E-state index in [0.29, 0.717) is 0 Å². The van der Waals surface area contributed by atoms with Gasteiger partial charge in [-0.2, -0.15) is 0 Å². The Morgan fingerprint density at radius 2 is 2.14 bits per heavy atom. The molecule has 4 heteroatoms. The Hall–Kier alpha value is -2.17. The molecule has 4 aromatic rings. The van der Waals surface area contributed by atoms with Crippen LogP contribution in [0.15, 0.2) is 52.4 Å². The van der Waals surface area contributed by atoms with Crippen LogP contribution in [-0.2, 0) is 0 Å². The third-order valence-electron chi connectivity index (χ3n) is 3.75. The van der Waals surface area contributed by atoms with Gasteiger partial charge in [-0.3, -0.25) is 4.98 Å². The van der Waals surface area contributed by atoms with Gasteiger partial charge in [0.25, 0.3) is 0 Å². The smallest absolute Gasteiger partial charge is 0.137 e. The zero-order valence-corrected chi connectivity index (χ0v) is 12.4. The minimum absolute atomic E-state index is 0.296. The number of furan rings is 1. The lowest BCUT2D eigenvalue weighted by atomic mass is 10.1. The number of pyridine rings is 1. The summed E-state index contributed by atoms with van der Waals surface area (Å²) in [5.41, 5.74) is 10.4. The fraction of sp³-hybridized carbons (Fsp3) is 0.118. The van der Waals surface area contributed by atoms with E-state index in [1.165, 1.54) is 0 Å². The van der Waals surface area contributed by atoms with Crippen LogP contribution in [-0.4, -0.2) is 4.98 Å². The molecular weight excluding hydrogens is 280 g/mol. The quantitative estimate of drug-likeness (QED) is 0.596. The van der Waals surface area contributed by atoms with Crippen molar-refractivity contribution in [1.29, 1.82) is 0 Å². The van der Waals surface area contributed by atoms with Gasteiger partial charge in [0.05, 0.1) is 16.3 Å². The second-order valence-corrected chi connectivity index (χ2v) is 6.14. The van der Waals surface area contributed by atoms with Crippen LogP contribution in [0.1, 0.15) is 22.9 Å². The number of rotatable bonds is 2. The fourth-order valence-electron chi connectivity index (χ4n) is 2.58. The number of fused-ring (bicyclic) bond motifs is 2. The van der Waals surface area contributed by atoms with Crippen LogP contribution < -0.4 is 5.73 Å². The zero-order valence-electron chi connectivity index (χ0n) is 11.5. The molecule has 0 amide bonds.